The van der Waals surface area contributed by atoms with Crippen molar-refractivity contribution in [2.24, 2.45) is 0 Å². The molecule has 72 valence electrons. The second-order valence-electron chi connectivity index (χ2n) is 3.70. The Bertz CT molecular complexity index is 473. The maximum atomic E-state index is 5.71. The zero-order chi connectivity index (χ0) is 9.54. The number of rotatable bonds is 2. The van der Waals surface area contributed by atoms with Gasteiger partial charge in [-0.15, -0.1) is 11.6 Å². The maximum absolute atomic E-state index is 5.71. The molecule has 0 atom stereocenters. The molecule has 0 bridgehead atoms. The van der Waals surface area contributed by atoms with E-state index in [0.29, 0.717) is 11.8 Å². The van der Waals surface area contributed by atoms with E-state index in [1.165, 1.54) is 18.5 Å². The lowest BCUT2D eigenvalue weighted by Crippen LogP contribution is -1.91. The van der Waals surface area contributed by atoms with Crippen molar-refractivity contribution < 1.29 is 0 Å². The minimum absolute atomic E-state index is 0.447. The summed E-state index contributed by atoms with van der Waals surface area (Å²) in [5.41, 5.74) is 2.05. The first-order valence-corrected chi connectivity index (χ1v) is 5.31. The molecule has 14 heavy (non-hydrogen) atoms. The smallest absolute Gasteiger partial charge is 0.234 e. The summed E-state index contributed by atoms with van der Waals surface area (Å²) in [6, 6.07) is 2.07. The van der Waals surface area contributed by atoms with Gasteiger partial charge in [-0.1, -0.05) is 0 Å². The van der Waals surface area contributed by atoms with E-state index in [-0.39, 0.29) is 0 Å². The van der Waals surface area contributed by atoms with Gasteiger partial charge in [-0.2, -0.15) is 0 Å². The van der Waals surface area contributed by atoms with Crippen molar-refractivity contribution in [3.8, 4) is 0 Å². The summed E-state index contributed by atoms with van der Waals surface area (Å²) in [5, 5.41) is 0. The Hall–Kier alpha value is -1.09. The van der Waals surface area contributed by atoms with Crippen molar-refractivity contribution in [2.45, 2.75) is 24.6 Å². The molecule has 3 rings (SSSR count). The second kappa shape index (κ2) is 2.95. The van der Waals surface area contributed by atoms with Crippen LogP contribution >= 0.6 is 11.6 Å². The number of hydrogen-bond donors (Lipinski definition) is 0. The lowest BCUT2D eigenvalue weighted by molar-refractivity contribution is 0.983. The fourth-order valence-electron chi connectivity index (χ4n) is 1.61. The van der Waals surface area contributed by atoms with Crippen molar-refractivity contribution in [2.75, 3.05) is 0 Å². The highest BCUT2D eigenvalue weighted by molar-refractivity contribution is 6.16. The number of hydrogen-bond acceptors (Lipinski definition) is 2. The lowest BCUT2D eigenvalue weighted by Gasteiger charge is -1.96. The van der Waals surface area contributed by atoms with Crippen LogP contribution in [0.5, 0.6) is 0 Å². The molecular weight excluding hydrogens is 198 g/mol. The highest BCUT2D eigenvalue weighted by Gasteiger charge is 2.25. The molecule has 2 aromatic rings. The van der Waals surface area contributed by atoms with Gasteiger partial charge in [0.25, 0.3) is 0 Å². The van der Waals surface area contributed by atoms with Crippen LogP contribution in [0.25, 0.3) is 5.78 Å². The van der Waals surface area contributed by atoms with E-state index in [9.17, 15) is 0 Å². The zero-order valence-corrected chi connectivity index (χ0v) is 8.41. The summed E-state index contributed by atoms with van der Waals surface area (Å²) in [6.07, 6.45) is 6.48. The van der Waals surface area contributed by atoms with Crippen LogP contribution in [0, 0.1) is 0 Å². The first-order chi connectivity index (χ1) is 6.86. The average Bonchev–Trinajstić information content (AvgIpc) is 2.97. The van der Waals surface area contributed by atoms with E-state index in [1.807, 2.05) is 16.8 Å². The van der Waals surface area contributed by atoms with Crippen molar-refractivity contribution >= 4 is 17.4 Å². The van der Waals surface area contributed by atoms with Crippen molar-refractivity contribution in [1.82, 2.24) is 14.4 Å². The van der Waals surface area contributed by atoms with Gasteiger partial charge in [0.1, 0.15) is 0 Å². The van der Waals surface area contributed by atoms with Gasteiger partial charge in [0, 0.05) is 24.0 Å². The van der Waals surface area contributed by atoms with Gasteiger partial charge < -0.3 is 0 Å². The predicted octanol–water partition coefficient (Wildman–Crippen LogP) is 2.35. The molecular formula is C10H10ClN3. The molecule has 2 aromatic heterocycles. The minimum Gasteiger partial charge on any atom is -0.291 e. The van der Waals surface area contributed by atoms with E-state index in [4.69, 9.17) is 11.6 Å². The standard InChI is InChI=1S/C10H10ClN3/c11-5-8-6-14-4-3-9(7-1-2-7)13-10(14)12-8/h3-4,6-7H,1-2,5H2. The topological polar surface area (TPSA) is 30.2 Å². The number of fused-ring (bicyclic) bond motifs is 1. The van der Waals surface area contributed by atoms with Crippen LogP contribution < -0.4 is 0 Å². The molecule has 3 nitrogen and oxygen atoms in total. The Morgan fingerprint density at radius 2 is 2.29 bits per heavy atom. The van der Waals surface area contributed by atoms with Gasteiger partial charge in [-0.05, 0) is 18.9 Å². The monoisotopic (exact) mass is 207 g/mol. The third-order valence-electron chi connectivity index (χ3n) is 2.53. The quantitative estimate of drug-likeness (QED) is 0.708. The first-order valence-electron chi connectivity index (χ1n) is 4.77. The number of imidazole rings is 1. The molecule has 1 aliphatic rings. The number of nitrogens with zero attached hydrogens (tertiary/aromatic N) is 3. The van der Waals surface area contributed by atoms with Crippen LogP contribution in [0.3, 0.4) is 0 Å². The Morgan fingerprint density at radius 3 is 3.00 bits per heavy atom. The van der Waals surface area contributed by atoms with E-state index < -0.39 is 0 Å². The molecule has 1 saturated carbocycles. The molecule has 0 aliphatic heterocycles. The fourth-order valence-corrected chi connectivity index (χ4v) is 1.73. The Kier molecular flexibility index (Phi) is 1.74. The Labute approximate surface area is 86.7 Å². The van der Waals surface area contributed by atoms with Crippen molar-refractivity contribution in [3.63, 3.8) is 0 Å². The molecule has 0 unspecified atom stereocenters. The third kappa shape index (κ3) is 1.28. The van der Waals surface area contributed by atoms with E-state index in [0.717, 1.165) is 11.5 Å². The van der Waals surface area contributed by atoms with Gasteiger partial charge >= 0.3 is 0 Å². The second-order valence-corrected chi connectivity index (χ2v) is 3.97. The van der Waals surface area contributed by atoms with E-state index >= 15 is 0 Å². The van der Waals surface area contributed by atoms with Crippen molar-refractivity contribution in [3.05, 3.63) is 29.8 Å². The maximum Gasteiger partial charge on any atom is 0.234 e. The number of alkyl halides is 1. The zero-order valence-electron chi connectivity index (χ0n) is 7.65. The van der Waals surface area contributed by atoms with E-state index in [2.05, 4.69) is 16.0 Å². The van der Waals surface area contributed by atoms with Crippen LogP contribution in [0.2, 0.25) is 0 Å². The molecule has 0 amide bonds. The normalized spacial score (nSPS) is 16.4. The summed E-state index contributed by atoms with van der Waals surface area (Å²) in [7, 11) is 0. The first kappa shape index (κ1) is 8.24. The van der Waals surface area contributed by atoms with E-state index in [1.54, 1.807) is 0 Å². The van der Waals surface area contributed by atoms with Crippen LogP contribution in [0.1, 0.15) is 30.1 Å². The Morgan fingerprint density at radius 1 is 1.43 bits per heavy atom. The summed E-state index contributed by atoms with van der Waals surface area (Å²) in [6.45, 7) is 0. The van der Waals surface area contributed by atoms with Gasteiger partial charge in [0.15, 0.2) is 0 Å². The molecule has 0 saturated heterocycles. The Balaban J connectivity index is 2.12. The number of halogens is 1. The summed E-state index contributed by atoms with van der Waals surface area (Å²) in [5.74, 6) is 1.89. The summed E-state index contributed by atoms with van der Waals surface area (Å²) >= 11 is 5.71. The van der Waals surface area contributed by atoms with Crippen LogP contribution in [0.4, 0.5) is 0 Å². The predicted molar refractivity (Wildman–Crippen MR) is 54.5 cm³/mol. The largest absolute Gasteiger partial charge is 0.291 e. The summed E-state index contributed by atoms with van der Waals surface area (Å²) in [4.78, 5) is 8.82. The molecule has 4 heteroatoms. The van der Waals surface area contributed by atoms with Crippen LogP contribution in [0.15, 0.2) is 18.5 Å². The molecule has 0 spiro atoms. The molecule has 1 fully saturated rings. The molecule has 2 heterocycles. The van der Waals surface area contributed by atoms with Gasteiger partial charge in [0.2, 0.25) is 5.78 Å². The van der Waals surface area contributed by atoms with Gasteiger partial charge in [-0.25, -0.2) is 9.97 Å². The lowest BCUT2D eigenvalue weighted by atomic mass is 10.3. The SMILES string of the molecule is ClCc1cn2ccc(C3CC3)nc2n1. The van der Waals surface area contributed by atoms with Crippen LogP contribution in [-0.4, -0.2) is 14.4 Å². The summed E-state index contributed by atoms with van der Waals surface area (Å²) < 4.78 is 1.92. The van der Waals surface area contributed by atoms with Crippen LogP contribution in [-0.2, 0) is 5.88 Å². The number of aromatic nitrogens is 3. The van der Waals surface area contributed by atoms with Gasteiger partial charge in [-0.3, -0.25) is 4.40 Å². The average molecular weight is 208 g/mol. The highest BCUT2D eigenvalue weighted by atomic mass is 35.5. The molecule has 0 N–H and O–H groups in total. The third-order valence-corrected chi connectivity index (χ3v) is 2.80. The molecule has 1 aliphatic carbocycles. The fraction of sp³-hybridized carbons (Fsp3) is 0.400. The van der Waals surface area contributed by atoms with Crippen molar-refractivity contribution in [1.29, 1.82) is 0 Å². The minimum atomic E-state index is 0.447. The molecule has 0 radical (unpaired) electrons. The van der Waals surface area contributed by atoms with Gasteiger partial charge in [0.05, 0.1) is 11.6 Å². The highest BCUT2D eigenvalue weighted by Crippen LogP contribution is 2.38. The molecule has 0 aromatic carbocycles.